The molecule has 0 aromatic heterocycles. The summed E-state index contributed by atoms with van der Waals surface area (Å²) in [4.78, 5) is 35.6. The molecule has 30 heavy (non-hydrogen) atoms. The van der Waals surface area contributed by atoms with Gasteiger partial charge in [0.25, 0.3) is 0 Å². The van der Waals surface area contributed by atoms with Gasteiger partial charge in [0.05, 0.1) is 16.7 Å². The third-order valence-corrected chi connectivity index (χ3v) is 5.26. The lowest BCUT2D eigenvalue weighted by Crippen LogP contribution is -2.18. The molecule has 0 unspecified atom stereocenters. The van der Waals surface area contributed by atoms with Crippen LogP contribution in [0.25, 0.3) is 0 Å². The lowest BCUT2D eigenvalue weighted by Gasteiger charge is -2.26. The zero-order valence-corrected chi connectivity index (χ0v) is 16.3. The van der Waals surface area contributed by atoms with E-state index in [0.717, 1.165) is 11.1 Å². The first-order chi connectivity index (χ1) is 14.3. The van der Waals surface area contributed by atoms with E-state index in [1.165, 1.54) is 18.2 Å². The Morgan fingerprint density at radius 1 is 0.833 bits per heavy atom. The average Bonchev–Trinajstić information content (AvgIpc) is 3.02. The molecular weight excluding hydrogens is 384 g/mol. The van der Waals surface area contributed by atoms with Gasteiger partial charge in [0.15, 0.2) is 0 Å². The van der Waals surface area contributed by atoms with E-state index in [0.29, 0.717) is 5.75 Å². The molecule has 1 heterocycles. The molecule has 4 rings (SSSR count). The summed E-state index contributed by atoms with van der Waals surface area (Å²) in [6, 6.07) is 18.3. The lowest BCUT2D eigenvalue weighted by atomic mass is 9.78. The highest BCUT2D eigenvalue weighted by atomic mass is 16.6. The number of hydrogen-bond donors (Lipinski definition) is 1. The molecule has 0 fully saturated rings. The van der Waals surface area contributed by atoms with Gasteiger partial charge in [0.2, 0.25) is 0 Å². The van der Waals surface area contributed by atoms with Crippen LogP contribution in [0.2, 0.25) is 0 Å². The largest absolute Gasteiger partial charge is 0.508 e. The second-order valence-corrected chi connectivity index (χ2v) is 7.52. The first-order valence-electron chi connectivity index (χ1n) is 9.28. The number of carbonyl (C=O) groups is 3. The van der Waals surface area contributed by atoms with Crippen LogP contribution in [-0.2, 0) is 10.2 Å². The normalized spacial score (nSPS) is 13.0. The summed E-state index contributed by atoms with van der Waals surface area (Å²) in [6.07, 6.45) is 0. The second kappa shape index (κ2) is 7.15. The van der Waals surface area contributed by atoms with Crippen LogP contribution in [0.5, 0.6) is 11.5 Å². The minimum Gasteiger partial charge on any atom is -0.508 e. The van der Waals surface area contributed by atoms with Gasteiger partial charge in [0, 0.05) is 5.41 Å². The SMILES string of the molecule is CC(C)(c1ccc(O)cc1)c1ccc(OC(=O)c2ccc3c(c2)C(=O)OC3=O)cc1. The topological polar surface area (TPSA) is 89.9 Å². The van der Waals surface area contributed by atoms with E-state index in [-0.39, 0.29) is 27.9 Å². The highest BCUT2D eigenvalue weighted by molar-refractivity contribution is 6.15. The highest BCUT2D eigenvalue weighted by Crippen LogP contribution is 2.33. The van der Waals surface area contributed by atoms with E-state index in [1.807, 2.05) is 24.3 Å². The number of hydrogen-bond acceptors (Lipinski definition) is 6. The van der Waals surface area contributed by atoms with Crippen LogP contribution >= 0.6 is 0 Å². The van der Waals surface area contributed by atoms with Gasteiger partial charge in [-0.3, -0.25) is 0 Å². The van der Waals surface area contributed by atoms with E-state index in [1.54, 1.807) is 24.3 Å². The van der Waals surface area contributed by atoms with Crippen molar-refractivity contribution in [3.63, 3.8) is 0 Å². The number of fused-ring (bicyclic) bond motifs is 1. The Balaban J connectivity index is 1.52. The second-order valence-electron chi connectivity index (χ2n) is 7.52. The molecule has 3 aromatic carbocycles. The summed E-state index contributed by atoms with van der Waals surface area (Å²) < 4.78 is 9.93. The molecule has 1 aliphatic heterocycles. The smallest absolute Gasteiger partial charge is 0.346 e. The summed E-state index contributed by atoms with van der Waals surface area (Å²) in [5.41, 5.74) is 2.06. The Morgan fingerprint density at radius 3 is 2.03 bits per heavy atom. The lowest BCUT2D eigenvalue weighted by molar-refractivity contribution is 0.0443. The van der Waals surface area contributed by atoms with Crippen LogP contribution in [0.4, 0.5) is 0 Å². The quantitative estimate of drug-likeness (QED) is 0.399. The van der Waals surface area contributed by atoms with Gasteiger partial charge in [-0.1, -0.05) is 38.1 Å². The van der Waals surface area contributed by atoms with Crippen molar-refractivity contribution in [2.45, 2.75) is 19.3 Å². The van der Waals surface area contributed by atoms with Crippen molar-refractivity contribution in [1.29, 1.82) is 0 Å². The number of benzene rings is 3. The molecule has 0 aliphatic carbocycles. The number of cyclic esters (lactones) is 2. The van der Waals surface area contributed by atoms with Gasteiger partial charge in [-0.15, -0.1) is 0 Å². The molecule has 0 spiro atoms. The van der Waals surface area contributed by atoms with Gasteiger partial charge >= 0.3 is 17.9 Å². The Bertz CT molecular complexity index is 1160. The van der Waals surface area contributed by atoms with E-state index in [4.69, 9.17) is 4.74 Å². The molecule has 0 radical (unpaired) electrons. The predicted molar refractivity (Wildman–Crippen MR) is 108 cm³/mol. The molecular formula is C24H18O6. The summed E-state index contributed by atoms with van der Waals surface area (Å²) in [5, 5.41) is 9.50. The number of aromatic hydroxyl groups is 1. The van der Waals surface area contributed by atoms with Crippen LogP contribution in [0.3, 0.4) is 0 Å². The Kier molecular flexibility index (Phi) is 4.62. The van der Waals surface area contributed by atoms with Crippen molar-refractivity contribution in [2.75, 3.05) is 0 Å². The van der Waals surface area contributed by atoms with Gasteiger partial charge in [-0.2, -0.15) is 0 Å². The highest BCUT2D eigenvalue weighted by Gasteiger charge is 2.30. The number of rotatable bonds is 4. The fourth-order valence-electron chi connectivity index (χ4n) is 3.36. The first-order valence-corrected chi connectivity index (χ1v) is 9.28. The Hall–Kier alpha value is -3.93. The van der Waals surface area contributed by atoms with E-state index in [9.17, 15) is 19.5 Å². The fraction of sp³-hybridized carbons (Fsp3) is 0.125. The number of esters is 3. The molecule has 3 aromatic rings. The van der Waals surface area contributed by atoms with Crippen molar-refractivity contribution < 1.29 is 29.0 Å². The molecule has 1 aliphatic rings. The van der Waals surface area contributed by atoms with Gasteiger partial charge in [0.1, 0.15) is 11.5 Å². The van der Waals surface area contributed by atoms with Crippen molar-refractivity contribution in [3.05, 3.63) is 94.5 Å². The van der Waals surface area contributed by atoms with Crippen LogP contribution in [0, 0.1) is 0 Å². The van der Waals surface area contributed by atoms with Crippen molar-refractivity contribution in [3.8, 4) is 11.5 Å². The molecule has 0 saturated heterocycles. The van der Waals surface area contributed by atoms with Crippen molar-refractivity contribution >= 4 is 17.9 Å². The molecule has 150 valence electrons. The van der Waals surface area contributed by atoms with E-state index in [2.05, 4.69) is 18.6 Å². The van der Waals surface area contributed by atoms with E-state index >= 15 is 0 Å². The summed E-state index contributed by atoms with van der Waals surface area (Å²) in [6.45, 7) is 4.12. The molecule has 6 heteroatoms. The number of ether oxygens (including phenoxy) is 2. The van der Waals surface area contributed by atoms with E-state index < -0.39 is 17.9 Å². The maximum Gasteiger partial charge on any atom is 0.346 e. The molecule has 1 N–H and O–H groups in total. The van der Waals surface area contributed by atoms with Crippen LogP contribution < -0.4 is 4.74 Å². The Labute approximate surface area is 172 Å². The number of carbonyl (C=O) groups excluding carboxylic acids is 3. The summed E-state index contributed by atoms with van der Waals surface area (Å²) in [5.74, 6) is -1.58. The molecule has 0 bridgehead atoms. The van der Waals surface area contributed by atoms with Crippen molar-refractivity contribution in [2.24, 2.45) is 0 Å². The van der Waals surface area contributed by atoms with Crippen molar-refractivity contribution in [1.82, 2.24) is 0 Å². The number of phenols is 1. The van der Waals surface area contributed by atoms with Crippen LogP contribution in [0.15, 0.2) is 66.7 Å². The average molecular weight is 402 g/mol. The minimum atomic E-state index is -0.773. The summed E-state index contributed by atoms with van der Waals surface area (Å²) in [7, 11) is 0. The molecule has 0 saturated carbocycles. The minimum absolute atomic E-state index is 0.0560. The summed E-state index contributed by atoms with van der Waals surface area (Å²) >= 11 is 0. The number of phenolic OH excluding ortho intramolecular Hbond substituents is 1. The third kappa shape index (κ3) is 3.43. The zero-order chi connectivity index (χ0) is 21.5. The molecule has 0 atom stereocenters. The maximum atomic E-state index is 12.5. The van der Waals surface area contributed by atoms with Crippen LogP contribution in [-0.4, -0.2) is 23.0 Å². The standard InChI is InChI=1S/C24H18O6/c1-24(2,15-4-8-17(25)9-5-15)16-6-10-18(11-7-16)29-21(26)14-3-12-19-20(13-14)23(28)30-22(19)27/h3-13,25H,1-2H3. The fourth-order valence-corrected chi connectivity index (χ4v) is 3.36. The molecule has 6 nitrogen and oxygen atoms in total. The van der Waals surface area contributed by atoms with Crippen LogP contribution in [0.1, 0.15) is 56.0 Å². The zero-order valence-electron chi connectivity index (χ0n) is 16.3. The maximum absolute atomic E-state index is 12.5. The van der Waals surface area contributed by atoms with Gasteiger partial charge in [-0.25, -0.2) is 14.4 Å². The van der Waals surface area contributed by atoms with Gasteiger partial charge in [-0.05, 0) is 53.6 Å². The predicted octanol–water partition coefficient (Wildman–Crippen LogP) is 4.25. The molecule has 0 amide bonds. The first kappa shape index (κ1) is 19.4. The Morgan fingerprint density at radius 2 is 1.40 bits per heavy atom. The van der Waals surface area contributed by atoms with Gasteiger partial charge < -0.3 is 14.6 Å². The third-order valence-electron chi connectivity index (χ3n) is 5.26. The monoisotopic (exact) mass is 402 g/mol.